The van der Waals surface area contributed by atoms with Crippen molar-refractivity contribution in [3.8, 4) is 0 Å². The Bertz CT molecular complexity index is 849. The van der Waals surface area contributed by atoms with Crippen LogP contribution in [0.2, 0.25) is 4.34 Å². The van der Waals surface area contributed by atoms with Gasteiger partial charge in [0.25, 0.3) is 0 Å². The molecule has 3 nitrogen and oxygen atoms in total. The predicted octanol–water partition coefficient (Wildman–Crippen LogP) is 6.01. The SMILES string of the molecule is CCC1(CCCCCCN2CCc3sc(Cl)cc3C2)C(=O)Nc2ccccc21. The fraction of sp³-hybridized carbons (Fsp3) is 0.522. The number of hydrogen-bond acceptors (Lipinski definition) is 3. The highest BCUT2D eigenvalue weighted by atomic mass is 35.5. The lowest BCUT2D eigenvalue weighted by Gasteiger charge is -2.27. The summed E-state index contributed by atoms with van der Waals surface area (Å²) in [6.45, 7) is 5.51. The van der Waals surface area contributed by atoms with Gasteiger partial charge in [-0.25, -0.2) is 0 Å². The average molecular weight is 417 g/mol. The lowest BCUT2D eigenvalue weighted by Crippen LogP contribution is -2.33. The molecule has 2 aliphatic heterocycles. The fourth-order valence-corrected chi connectivity index (χ4v) is 6.11. The molecule has 1 aromatic heterocycles. The number of nitrogens with one attached hydrogen (secondary N) is 1. The summed E-state index contributed by atoms with van der Waals surface area (Å²) in [6, 6.07) is 10.3. The summed E-state index contributed by atoms with van der Waals surface area (Å²) < 4.78 is 0.925. The number of para-hydroxylation sites is 1. The van der Waals surface area contributed by atoms with Gasteiger partial charge >= 0.3 is 0 Å². The molecule has 0 radical (unpaired) electrons. The molecule has 2 aromatic rings. The first-order valence-electron chi connectivity index (χ1n) is 10.5. The second-order valence-corrected chi connectivity index (χ2v) is 9.89. The Hall–Kier alpha value is -1.36. The topological polar surface area (TPSA) is 32.3 Å². The van der Waals surface area contributed by atoms with Crippen LogP contribution < -0.4 is 5.32 Å². The Labute approximate surface area is 177 Å². The molecule has 2 aliphatic rings. The van der Waals surface area contributed by atoms with Crippen LogP contribution in [0.15, 0.2) is 30.3 Å². The number of rotatable bonds is 8. The van der Waals surface area contributed by atoms with Crippen molar-refractivity contribution in [3.63, 3.8) is 0 Å². The van der Waals surface area contributed by atoms with E-state index >= 15 is 0 Å². The van der Waals surface area contributed by atoms with Crippen molar-refractivity contribution in [2.45, 2.75) is 63.8 Å². The van der Waals surface area contributed by atoms with E-state index in [0.29, 0.717) is 0 Å². The van der Waals surface area contributed by atoms with E-state index in [1.54, 1.807) is 11.3 Å². The van der Waals surface area contributed by atoms with Crippen LogP contribution in [0, 0.1) is 0 Å². The smallest absolute Gasteiger partial charge is 0.235 e. The number of unbranched alkanes of at least 4 members (excludes halogenated alkanes) is 3. The molecule has 0 bridgehead atoms. The zero-order chi connectivity index (χ0) is 19.6. The lowest BCUT2D eigenvalue weighted by atomic mass is 9.75. The molecule has 0 fully saturated rings. The second-order valence-electron chi connectivity index (χ2n) is 8.12. The number of anilines is 1. The molecular formula is C23H29ClN2OS. The highest BCUT2D eigenvalue weighted by molar-refractivity contribution is 7.16. The van der Waals surface area contributed by atoms with E-state index in [1.165, 1.54) is 35.3 Å². The van der Waals surface area contributed by atoms with Crippen molar-refractivity contribution in [1.29, 1.82) is 0 Å². The van der Waals surface area contributed by atoms with Crippen molar-refractivity contribution in [1.82, 2.24) is 4.90 Å². The highest BCUT2D eigenvalue weighted by Gasteiger charge is 2.44. The minimum absolute atomic E-state index is 0.190. The number of benzene rings is 1. The number of amides is 1. The maximum atomic E-state index is 12.7. The number of nitrogens with zero attached hydrogens (tertiary/aromatic N) is 1. The molecule has 1 aromatic carbocycles. The Balaban J connectivity index is 1.22. The fourth-order valence-electron chi connectivity index (χ4n) is 4.81. The van der Waals surface area contributed by atoms with Crippen LogP contribution in [-0.4, -0.2) is 23.9 Å². The Kier molecular flexibility index (Phi) is 6.10. The van der Waals surface area contributed by atoms with Gasteiger partial charge in [0.1, 0.15) is 0 Å². The summed E-state index contributed by atoms with van der Waals surface area (Å²) in [4.78, 5) is 16.7. The molecule has 3 heterocycles. The van der Waals surface area contributed by atoms with E-state index in [1.807, 2.05) is 18.2 Å². The molecule has 1 unspecified atom stereocenters. The van der Waals surface area contributed by atoms with Gasteiger partial charge in [0, 0.05) is 23.7 Å². The molecule has 0 saturated carbocycles. The second kappa shape index (κ2) is 8.56. The van der Waals surface area contributed by atoms with Gasteiger partial charge in [-0.1, -0.05) is 56.0 Å². The van der Waals surface area contributed by atoms with E-state index in [2.05, 4.69) is 29.3 Å². The Morgan fingerprint density at radius 2 is 2.04 bits per heavy atom. The zero-order valence-electron chi connectivity index (χ0n) is 16.6. The van der Waals surface area contributed by atoms with E-state index < -0.39 is 0 Å². The van der Waals surface area contributed by atoms with Crippen molar-refractivity contribution < 1.29 is 4.79 Å². The molecule has 5 heteroatoms. The number of carbonyl (C=O) groups is 1. The molecule has 0 saturated heterocycles. The third-order valence-corrected chi connectivity index (χ3v) is 7.84. The maximum absolute atomic E-state index is 12.7. The molecule has 4 rings (SSSR count). The third kappa shape index (κ3) is 3.87. The lowest BCUT2D eigenvalue weighted by molar-refractivity contribution is -0.121. The van der Waals surface area contributed by atoms with Crippen molar-refractivity contribution in [2.75, 3.05) is 18.4 Å². The first kappa shape index (κ1) is 19.9. The monoisotopic (exact) mass is 416 g/mol. The van der Waals surface area contributed by atoms with Crippen LogP contribution in [0.1, 0.15) is 61.5 Å². The number of thiophene rings is 1. The molecule has 1 atom stereocenters. The van der Waals surface area contributed by atoms with Gasteiger partial charge in [-0.05, 0) is 55.5 Å². The summed E-state index contributed by atoms with van der Waals surface area (Å²) >= 11 is 7.89. The molecule has 0 spiro atoms. The molecule has 0 aliphatic carbocycles. The van der Waals surface area contributed by atoms with Crippen LogP contribution in [-0.2, 0) is 23.2 Å². The van der Waals surface area contributed by atoms with Gasteiger partial charge in [0.15, 0.2) is 0 Å². The van der Waals surface area contributed by atoms with Gasteiger partial charge < -0.3 is 5.32 Å². The standard InChI is InChI=1S/C23H29ClN2OS/c1-2-23(18-9-5-6-10-19(18)25-22(23)27)12-7-3-4-8-13-26-14-11-20-17(16-26)15-21(24)28-20/h5-6,9-10,15H,2-4,7-8,11-14,16H2,1H3,(H,25,27). The largest absolute Gasteiger partial charge is 0.325 e. The van der Waals surface area contributed by atoms with Crippen molar-refractivity contribution in [3.05, 3.63) is 50.7 Å². The number of carbonyl (C=O) groups excluding carboxylic acids is 1. The Morgan fingerprint density at radius 1 is 1.21 bits per heavy atom. The Morgan fingerprint density at radius 3 is 2.89 bits per heavy atom. The molecule has 1 N–H and O–H groups in total. The first-order valence-corrected chi connectivity index (χ1v) is 11.7. The molecule has 28 heavy (non-hydrogen) atoms. The maximum Gasteiger partial charge on any atom is 0.235 e. The van der Waals surface area contributed by atoms with E-state index in [-0.39, 0.29) is 11.3 Å². The molecule has 150 valence electrons. The summed E-state index contributed by atoms with van der Waals surface area (Å²) in [5.74, 6) is 0.190. The van der Waals surface area contributed by atoms with Gasteiger partial charge in [0.05, 0.1) is 9.75 Å². The van der Waals surface area contributed by atoms with Gasteiger partial charge in [-0.2, -0.15) is 0 Å². The van der Waals surface area contributed by atoms with Crippen LogP contribution in [0.4, 0.5) is 5.69 Å². The van der Waals surface area contributed by atoms with E-state index in [0.717, 1.165) is 55.3 Å². The summed E-state index contributed by atoms with van der Waals surface area (Å²) in [6.07, 6.45) is 7.73. The zero-order valence-corrected chi connectivity index (χ0v) is 18.2. The van der Waals surface area contributed by atoms with Gasteiger partial charge in [-0.3, -0.25) is 9.69 Å². The predicted molar refractivity (Wildman–Crippen MR) is 118 cm³/mol. The molecular weight excluding hydrogens is 388 g/mol. The van der Waals surface area contributed by atoms with Gasteiger partial charge in [-0.15, -0.1) is 11.3 Å². The van der Waals surface area contributed by atoms with Crippen LogP contribution in [0.3, 0.4) is 0 Å². The van der Waals surface area contributed by atoms with Crippen LogP contribution >= 0.6 is 22.9 Å². The third-order valence-electron chi connectivity index (χ3n) is 6.47. The quantitative estimate of drug-likeness (QED) is 0.534. The number of fused-ring (bicyclic) bond motifs is 2. The van der Waals surface area contributed by atoms with Crippen LogP contribution in [0.25, 0.3) is 0 Å². The van der Waals surface area contributed by atoms with Crippen molar-refractivity contribution >= 4 is 34.5 Å². The number of halogens is 1. The minimum atomic E-state index is -0.321. The minimum Gasteiger partial charge on any atom is -0.325 e. The van der Waals surface area contributed by atoms with Crippen molar-refractivity contribution in [2.24, 2.45) is 0 Å². The van der Waals surface area contributed by atoms with E-state index in [4.69, 9.17) is 11.6 Å². The summed E-state index contributed by atoms with van der Waals surface area (Å²) in [7, 11) is 0. The van der Waals surface area contributed by atoms with Gasteiger partial charge in [0.2, 0.25) is 5.91 Å². The molecule has 1 amide bonds. The average Bonchev–Trinajstić information content (AvgIpc) is 3.20. The van der Waals surface area contributed by atoms with E-state index in [9.17, 15) is 4.79 Å². The summed E-state index contributed by atoms with van der Waals surface area (Å²) in [5.41, 5.74) is 3.31. The normalized spacial score (nSPS) is 21.4. The number of hydrogen-bond donors (Lipinski definition) is 1. The first-order chi connectivity index (χ1) is 13.6. The summed E-state index contributed by atoms with van der Waals surface area (Å²) in [5, 5.41) is 3.09. The highest BCUT2D eigenvalue weighted by Crippen LogP contribution is 2.43. The van der Waals surface area contributed by atoms with Crippen LogP contribution in [0.5, 0.6) is 0 Å².